The molecule has 0 spiro atoms. The molecule has 2 rings (SSSR count). The lowest BCUT2D eigenvalue weighted by Crippen LogP contribution is -2.29. The van der Waals surface area contributed by atoms with Gasteiger partial charge in [0.15, 0.2) is 0 Å². The van der Waals surface area contributed by atoms with Gasteiger partial charge in [-0.15, -0.1) is 0 Å². The number of methoxy groups -OCH3 is 1. The third kappa shape index (κ3) is 3.39. The highest BCUT2D eigenvalue weighted by molar-refractivity contribution is 6.36. The predicted octanol–water partition coefficient (Wildman–Crippen LogP) is 3.04. The van der Waals surface area contributed by atoms with Crippen molar-refractivity contribution in [1.29, 1.82) is 0 Å². The predicted molar refractivity (Wildman–Crippen MR) is 74.3 cm³/mol. The molecular weight excluding hydrogens is 266 g/mol. The first kappa shape index (κ1) is 14.2. The number of carbonyl (C=O) groups is 1. The molecule has 1 fully saturated rings. The van der Waals surface area contributed by atoms with E-state index in [1.165, 1.54) is 0 Å². The second-order valence-corrected chi connectivity index (χ2v) is 5.14. The zero-order valence-electron chi connectivity index (χ0n) is 10.9. The Labute approximate surface area is 117 Å². The van der Waals surface area contributed by atoms with Crippen LogP contribution in [0.4, 0.5) is 5.69 Å². The van der Waals surface area contributed by atoms with E-state index in [0.29, 0.717) is 11.3 Å². The fourth-order valence-corrected chi connectivity index (χ4v) is 2.55. The molecule has 4 nitrogen and oxygen atoms in total. The number of nitrogens with two attached hydrogens (primary N) is 1. The number of carbonyl (C=O) groups excluding carboxylic acids is 1. The highest BCUT2D eigenvalue weighted by atomic mass is 35.5. The van der Waals surface area contributed by atoms with E-state index in [0.717, 1.165) is 25.7 Å². The lowest BCUT2D eigenvalue weighted by molar-refractivity contribution is -0.0149. The largest absolute Gasteiger partial charge is 0.459 e. The van der Waals surface area contributed by atoms with Gasteiger partial charge in [-0.2, -0.15) is 0 Å². The van der Waals surface area contributed by atoms with Crippen molar-refractivity contribution in [1.82, 2.24) is 0 Å². The van der Waals surface area contributed by atoms with Crippen molar-refractivity contribution >= 4 is 23.3 Å². The maximum absolute atomic E-state index is 12.1. The molecule has 0 heterocycles. The summed E-state index contributed by atoms with van der Waals surface area (Å²) in [5.41, 5.74) is 6.38. The zero-order chi connectivity index (χ0) is 13.8. The monoisotopic (exact) mass is 283 g/mol. The number of hydrogen-bond acceptors (Lipinski definition) is 4. The van der Waals surface area contributed by atoms with Crippen molar-refractivity contribution in [2.75, 3.05) is 12.8 Å². The first-order valence-corrected chi connectivity index (χ1v) is 6.77. The van der Waals surface area contributed by atoms with E-state index in [-0.39, 0.29) is 17.2 Å². The van der Waals surface area contributed by atoms with Crippen LogP contribution in [0.2, 0.25) is 5.02 Å². The molecule has 2 unspecified atom stereocenters. The van der Waals surface area contributed by atoms with Crippen LogP contribution in [0.25, 0.3) is 0 Å². The summed E-state index contributed by atoms with van der Waals surface area (Å²) in [6, 6.07) is 4.97. The second kappa shape index (κ2) is 6.26. The Morgan fingerprint density at radius 3 is 2.84 bits per heavy atom. The smallest absolute Gasteiger partial charge is 0.340 e. The number of halogens is 1. The van der Waals surface area contributed by atoms with Gasteiger partial charge in [-0.1, -0.05) is 17.7 Å². The summed E-state index contributed by atoms with van der Waals surface area (Å²) in [6.45, 7) is 0. The Kier molecular flexibility index (Phi) is 4.66. The van der Waals surface area contributed by atoms with Gasteiger partial charge in [0.2, 0.25) is 0 Å². The van der Waals surface area contributed by atoms with Crippen LogP contribution >= 0.6 is 11.6 Å². The van der Waals surface area contributed by atoms with Crippen LogP contribution in [0, 0.1) is 0 Å². The topological polar surface area (TPSA) is 61.5 Å². The molecule has 0 radical (unpaired) electrons. The van der Waals surface area contributed by atoms with E-state index >= 15 is 0 Å². The third-order valence-electron chi connectivity index (χ3n) is 3.43. The molecule has 104 valence electrons. The highest BCUT2D eigenvalue weighted by Gasteiger charge is 2.26. The molecule has 2 N–H and O–H groups in total. The molecule has 2 atom stereocenters. The average molecular weight is 284 g/mol. The van der Waals surface area contributed by atoms with Crippen molar-refractivity contribution < 1.29 is 14.3 Å². The molecular formula is C14H18ClNO3. The number of benzene rings is 1. The summed E-state index contributed by atoms with van der Waals surface area (Å²) < 4.78 is 10.8. The van der Waals surface area contributed by atoms with Crippen LogP contribution in [-0.4, -0.2) is 25.3 Å². The average Bonchev–Trinajstić information content (AvgIpc) is 2.42. The third-order valence-corrected chi connectivity index (χ3v) is 3.86. The SMILES string of the molecule is COC1CCCC(OC(=O)c2cccc(N)c2Cl)C1. The van der Waals surface area contributed by atoms with Gasteiger partial charge in [0.25, 0.3) is 0 Å². The standard InChI is InChI=1S/C14H18ClNO3/c1-18-9-4-2-5-10(8-9)19-14(17)11-6-3-7-12(16)13(11)15/h3,6-7,9-10H,2,4-5,8,16H2,1H3. The summed E-state index contributed by atoms with van der Waals surface area (Å²) >= 11 is 6.01. The van der Waals surface area contributed by atoms with Crippen LogP contribution in [0.1, 0.15) is 36.0 Å². The van der Waals surface area contributed by atoms with Gasteiger partial charge in [-0.3, -0.25) is 0 Å². The fourth-order valence-electron chi connectivity index (χ4n) is 2.35. The molecule has 0 aliphatic heterocycles. The summed E-state index contributed by atoms with van der Waals surface area (Å²) in [5, 5.41) is 0.256. The quantitative estimate of drug-likeness (QED) is 0.684. The first-order chi connectivity index (χ1) is 9.11. The number of esters is 1. The minimum atomic E-state index is -0.418. The van der Waals surface area contributed by atoms with E-state index in [2.05, 4.69) is 0 Å². The second-order valence-electron chi connectivity index (χ2n) is 4.76. The molecule has 1 saturated carbocycles. The van der Waals surface area contributed by atoms with Crippen molar-refractivity contribution in [3.63, 3.8) is 0 Å². The van der Waals surface area contributed by atoms with Crippen LogP contribution in [0.5, 0.6) is 0 Å². The van der Waals surface area contributed by atoms with Gasteiger partial charge in [-0.25, -0.2) is 4.79 Å². The normalized spacial score (nSPS) is 23.1. The number of anilines is 1. The van der Waals surface area contributed by atoms with Gasteiger partial charge in [0.1, 0.15) is 6.10 Å². The van der Waals surface area contributed by atoms with Crippen LogP contribution in [-0.2, 0) is 9.47 Å². The lowest BCUT2D eigenvalue weighted by Gasteiger charge is -2.28. The van der Waals surface area contributed by atoms with Gasteiger partial charge in [-0.05, 0) is 31.4 Å². The van der Waals surface area contributed by atoms with Crippen LogP contribution in [0.15, 0.2) is 18.2 Å². The molecule has 1 aliphatic rings. The molecule has 1 aromatic carbocycles. The van der Waals surface area contributed by atoms with Crippen molar-refractivity contribution in [3.8, 4) is 0 Å². The van der Waals surface area contributed by atoms with Crippen LogP contribution in [0.3, 0.4) is 0 Å². The van der Waals surface area contributed by atoms with E-state index in [4.69, 9.17) is 26.8 Å². The highest BCUT2D eigenvalue weighted by Crippen LogP contribution is 2.27. The first-order valence-electron chi connectivity index (χ1n) is 6.39. The zero-order valence-corrected chi connectivity index (χ0v) is 11.7. The van der Waals surface area contributed by atoms with E-state index in [1.807, 2.05) is 0 Å². The number of ether oxygens (including phenoxy) is 2. The fraction of sp³-hybridized carbons (Fsp3) is 0.500. The van der Waals surface area contributed by atoms with Crippen molar-refractivity contribution in [2.24, 2.45) is 0 Å². The molecule has 0 bridgehead atoms. The molecule has 0 amide bonds. The van der Waals surface area contributed by atoms with E-state index in [1.54, 1.807) is 25.3 Å². The molecule has 19 heavy (non-hydrogen) atoms. The number of hydrogen-bond donors (Lipinski definition) is 1. The van der Waals surface area contributed by atoms with E-state index < -0.39 is 5.97 Å². The Hall–Kier alpha value is -1.26. The molecule has 1 aliphatic carbocycles. The number of nitrogen functional groups attached to an aromatic ring is 1. The minimum absolute atomic E-state index is 0.108. The molecule has 0 aromatic heterocycles. The summed E-state index contributed by atoms with van der Waals surface area (Å²) in [7, 11) is 1.68. The lowest BCUT2D eigenvalue weighted by atomic mass is 9.95. The Bertz CT molecular complexity index is 464. The van der Waals surface area contributed by atoms with Crippen molar-refractivity contribution in [2.45, 2.75) is 37.9 Å². The number of rotatable bonds is 3. The maximum Gasteiger partial charge on any atom is 0.340 e. The van der Waals surface area contributed by atoms with E-state index in [9.17, 15) is 4.79 Å². The van der Waals surface area contributed by atoms with Gasteiger partial charge in [0.05, 0.1) is 22.4 Å². The Morgan fingerprint density at radius 1 is 1.37 bits per heavy atom. The van der Waals surface area contributed by atoms with Crippen LogP contribution < -0.4 is 5.73 Å². The Balaban J connectivity index is 2.02. The van der Waals surface area contributed by atoms with Gasteiger partial charge >= 0.3 is 5.97 Å². The Morgan fingerprint density at radius 2 is 2.11 bits per heavy atom. The van der Waals surface area contributed by atoms with Crippen molar-refractivity contribution in [3.05, 3.63) is 28.8 Å². The summed E-state index contributed by atoms with van der Waals surface area (Å²) in [6.07, 6.45) is 3.69. The van der Waals surface area contributed by atoms with Gasteiger partial charge < -0.3 is 15.2 Å². The van der Waals surface area contributed by atoms with Gasteiger partial charge in [0, 0.05) is 13.5 Å². The maximum atomic E-state index is 12.1. The minimum Gasteiger partial charge on any atom is -0.459 e. The molecule has 0 saturated heterocycles. The summed E-state index contributed by atoms with van der Waals surface area (Å²) in [4.78, 5) is 12.1. The summed E-state index contributed by atoms with van der Waals surface area (Å²) in [5.74, 6) is -0.418. The molecule has 5 heteroatoms. The molecule has 1 aromatic rings.